The number of hydrogen-bond donors (Lipinski definition) is 1. The van der Waals surface area contributed by atoms with Gasteiger partial charge in [-0.25, -0.2) is 0 Å². The fourth-order valence-electron chi connectivity index (χ4n) is 3.84. The average Bonchev–Trinajstić information content (AvgIpc) is 2.97. The zero-order chi connectivity index (χ0) is 22.7. The monoisotopic (exact) mass is 428 g/mol. The van der Waals surface area contributed by atoms with E-state index in [1.165, 1.54) is 0 Å². The number of Topliss-reactive ketones (excluding diaryl/α,β-unsaturated/α-hetero) is 1. The van der Waals surface area contributed by atoms with Gasteiger partial charge < -0.3 is 15.0 Å². The van der Waals surface area contributed by atoms with Crippen molar-refractivity contribution in [1.29, 1.82) is 0 Å². The fourth-order valence-corrected chi connectivity index (χ4v) is 3.84. The highest BCUT2D eigenvalue weighted by Gasteiger charge is 2.26. The van der Waals surface area contributed by atoms with Gasteiger partial charge in [0.1, 0.15) is 5.75 Å². The van der Waals surface area contributed by atoms with Crippen molar-refractivity contribution in [3.63, 3.8) is 0 Å². The molecular weight excluding hydrogens is 404 g/mol. The molecular formula is C26H24N2O4. The Kier molecular flexibility index (Phi) is 6.03. The van der Waals surface area contributed by atoms with Gasteiger partial charge in [0.25, 0.3) is 11.8 Å². The van der Waals surface area contributed by atoms with Crippen molar-refractivity contribution in [3.05, 3.63) is 89.0 Å². The summed E-state index contributed by atoms with van der Waals surface area (Å²) in [7, 11) is 1.55. The Morgan fingerprint density at radius 1 is 1.00 bits per heavy atom. The number of nitrogens with one attached hydrogen (secondary N) is 1. The molecule has 1 heterocycles. The van der Waals surface area contributed by atoms with Gasteiger partial charge in [0.2, 0.25) is 0 Å². The molecule has 0 aromatic heterocycles. The van der Waals surface area contributed by atoms with Crippen LogP contribution in [0.5, 0.6) is 5.75 Å². The van der Waals surface area contributed by atoms with Gasteiger partial charge >= 0.3 is 0 Å². The number of hydrogen-bond acceptors (Lipinski definition) is 4. The summed E-state index contributed by atoms with van der Waals surface area (Å²) in [5.41, 5.74) is 3.67. The van der Waals surface area contributed by atoms with Crippen LogP contribution < -0.4 is 15.0 Å². The Balaban J connectivity index is 1.55. The number of benzene rings is 3. The van der Waals surface area contributed by atoms with Crippen LogP contribution in [0.1, 0.15) is 49.5 Å². The number of ketones is 1. The van der Waals surface area contributed by atoms with Crippen LogP contribution in [-0.4, -0.2) is 31.3 Å². The molecule has 0 fully saturated rings. The topological polar surface area (TPSA) is 75.7 Å². The number of fused-ring (bicyclic) bond motifs is 1. The minimum absolute atomic E-state index is 0.00321. The summed E-state index contributed by atoms with van der Waals surface area (Å²) in [5.74, 6) is 0.197. The first kappa shape index (κ1) is 21.3. The molecule has 3 aromatic carbocycles. The molecule has 3 aromatic rings. The van der Waals surface area contributed by atoms with Gasteiger partial charge in [0.05, 0.1) is 12.8 Å². The van der Waals surface area contributed by atoms with Gasteiger partial charge in [0, 0.05) is 35.3 Å². The number of rotatable bonds is 4. The first-order valence-corrected chi connectivity index (χ1v) is 10.5. The van der Waals surface area contributed by atoms with Gasteiger partial charge in [0.15, 0.2) is 5.78 Å². The number of methoxy groups -OCH3 is 1. The van der Waals surface area contributed by atoms with Crippen LogP contribution in [0.2, 0.25) is 0 Å². The van der Waals surface area contributed by atoms with Crippen molar-refractivity contribution in [3.8, 4) is 5.75 Å². The second-order valence-electron chi connectivity index (χ2n) is 7.71. The zero-order valence-electron chi connectivity index (χ0n) is 18.1. The summed E-state index contributed by atoms with van der Waals surface area (Å²) in [6.45, 7) is 2.34. The van der Waals surface area contributed by atoms with Crippen LogP contribution in [0.25, 0.3) is 0 Å². The summed E-state index contributed by atoms with van der Waals surface area (Å²) < 4.78 is 5.24. The smallest absolute Gasteiger partial charge is 0.258 e. The Hall–Kier alpha value is -3.93. The third-order valence-corrected chi connectivity index (χ3v) is 5.61. The lowest BCUT2D eigenvalue weighted by Crippen LogP contribution is -2.31. The van der Waals surface area contributed by atoms with Crippen molar-refractivity contribution in [2.24, 2.45) is 0 Å². The van der Waals surface area contributed by atoms with Gasteiger partial charge in [-0.2, -0.15) is 0 Å². The summed E-state index contributed by atoms with van der Waals surface area (Å²) in [6.07, 6.45) is 0.972. The van der Waals surface area contributed by atoms with E-state index >= 15 is 0 Å². The Labute approximate surface area is 186 Å². The average molecular weight is 428 g/mol. The normalized spacial score (nSPS) is 13.2. The predicted octanol–water partition coefficient (Wildman–Crippen LogP) is 4.88. The molecule has 0 aliphatic carbocycles. The molecule has 0 saturated carbocycles. The van der Waals surface area contributed by atoms with E-state index in [9.17, 15) is 14.4 Å². The van der Waals surface area contributed by atoms with Crippen LogP contribution >= 0.6 is 0 Å². The van der Waals surface area contributed by atoms with E-state index in [0.717, 1.165) is 5.56 Å². The van der Waals surface area contributed by atoms with E-state index in [4.69, 9.17) is 4.74 Å². The highest BCUT2D eigenvalue weighted by atomic mass is 16.5. The molecule has 0 radical (unpaired) electrons. The lowest BCUT2D eigenvalue weighted by Gasteiger charge is -2.23. The highest BCUT2D eigenvalue weighted by Crippen LogP contribution is 2.31. The van der Waals surface area contributed by atoms with Crippen molar-refractivity contribution >= 4 is 29.0 Å². The van der Waals surface area contributed by atoms with Crippen molar-refractivity contribution < 1.29 is 19.1 Å². The van der Waals surface area contributed by atoms with E-state index in [-0.39, 0.29) is 17.6 Å². The maximum atomic E-state index is 13.3. The highest BCUT2D eigenvalue weighted by molar-refractivity contribution is 6.12. The number of anilines is 2. The zero-order valence-corrected chi connectivity index (χ0v) is 18.1. The molecule has 2 amide bonds. The van der Waals surface area contributed by atoms with E-state index < -0.39 is 0 Å². The second-order valence-corrected chi connectivity index (χ2v) is 7.71. The maximum Gasteiger partial charge on any atom is 0.258 e. The molecule has 4 rings (SSSR count). The number of amides is 2. The minimum atomic E-state index is -0.198. The Morgan fingerprint density at radius 3 is 2.47 bits per heavy atom. The van der Waals surface area contributed by atoms with Crippen LogP contribution in [0.3, 0.4) is 0 Å². The van der Waals surface area contributed by atoms with Crippen LogP contribution in [0.4, 0.5) is 11.4 Å². The number of carbonyl (C=O) groups excluding carboxylic acids is 3. The van der Waals surface area contributed by atoms with Crippen LogP contribution in [0, 0.1) is 6.92 Å². The third-order valence-electron chi connectivity index (χ3n) is 5.61. The van der Waals surface area contributed by atoms with Crippen LogP contribution in [0.15, 0.2) is 66.7 Å². The molecule has 0 saturated heterocycles. The summed E-state index contributed by atoms with van der Waals surface area (Å²) in [4.78, 5) is 40.0. The number of ether oxygens (including phenoxy) is 1. The molecule has 32 heavy (non-hydrogen) atoms. The van der Waals surface area contributed by atoms with E-state index in [0.29, 0.717) is 53.2 Å². The fraction of sp³-hybridized carbons (Fsp3) is 0.192. The predicted molar refractivity (Wildman–Crippen MR) is 124 cm³/mol. The van der Waals surface area contributed by atoms with Crippen molar-refractivity contribution in [1.82, 2.24) is 0 Å². The Bertz CT molecular complexity index is 1180. The Morgan fingerprint density at radius 2 is 1.75 bits per heavy atom. The van der Waals surface area contributed by atoms with Gasteiger partial charge in [-0.15, -0.1) is 0 Å². The molecule has 0 unspecified atom stereocenters. The number of aryl methyl sites for hydroxylation is 1. The first-order valence-electron chi connectivity index (χ1n) is 10.5. The molecule has 6 heteroatoms. The van der Waals surface area contributed by atoms with Crippen LogP contribution in [-0.2, 0) is 0 Å². The SMILES string of the molecule is COc1ccc2c(c1)C(=O)CCCN2C(=O)c1ccc(NC(=O)c2ccccc2C)cc1. The standard InChI is InChI=1S/C26H24N2O4/c1-17-6-3-4-7-21(17)25(30)27-19-11-9-18(10-12-19)26(31)28-15-5-8-24(29)22-16-20(32-2)13-14-23(22)28/h3-4,6-7,9-14,16H,5,8,15H2,1-2H3,(H,27,30). The molecule has 162 valence electrons. The largest absolute Gasteiger partial charge is 0.497 e. The maximum absolute atomic E-state index is 13.3. The first-order chi connectivity index (χ1) is 15.5. The number of nitrogens with zero attached hydrogens (tertiary/aromatic N) is 1. The van der Waals surface area contributed by atoms with Gasteiger partial charge in [-0.1, -0.05) is 18.2 Å². The molecule has 1 aliphatic rings. The summed E-state index contributed by atoms with van der Waals surface area (Å²) in [6, 6.07) is 19.4. The molecule has 6 nitrogen and oxygen atoms in total. The molecule has 1 aliphatic heterocycles. The van der Waals surface area contributed by atoms with Gasteiger partial charge in [-0.3, -0.25) is 14.4 Å². The molecule has 1 N–H and O–H groups in total. The van der Waals surface area contributed by atoms with Gasteiger partial charge in [-0.05, 0) is 67.4 Å². The number of carbonyl (C=O) groups is 3. The van der Waals surface area contributed by atoms with E-state index in [1.54, 1.807) is 60.5 Å². The van der Waals surface area contributed by atoms with E-state index in [2.05, 4.69) is 5.32 Å². The molecule has 0 spiro atoms. The molecule has 0 bridgehead atoms. The second kappa shape index (κ2) is 9.06. The molecule has 0 atom stereocenters. The van der Waals surface area contributed by atoms with E-state index in [1.807, 2.05) is 25.1 Å². The van der Waals surface area contributed by atoms with Crippen molar-refractivity contribution in [2.45, 2.75) is 19.8 Å². The summed E-state index contributed by atoms with van der Waals surface area (Å²) >= 11 is 0. The van der Waals surface area contributed by atoms with Crippen molar-refractivity contribution in [2.75, 3.05) is 23.9 Å². The quantitative estimate of drug-likeness (QED) is 0.643. The summed E-state index contributed by atoms with van der Waals surface area (Å²) in [5, 5.41) is 2.87. The minimum Gasteiger partial charge on any atom is -0.497 e. The lowest BCUT2D eigenvalue weighted by molar-refractivity contribution is 0.0973. The third kappa shape index (κ3) is 4.25. The lowest BCUT2D eigenvalue weighted by atomic mass is 10.1.